The third-order valence-electron chi connectivity index (χ3n) is 12.9. The zero-order valence-electron chi connectivity index (χ0n) is 39.4. The van der Waals surface area contributed by atoms with Gasteiger partial charge in [-0.15, -0.1) is 0 Å². The molecule has 0 aliphatic carbocycles. The first-order valence-electron chi connectivity index (χ1n) is 23.4. The van der Waals surface area contributed by atoms with Crippen LogP contribution in [0.5, 0.6) is 5.75 Å². The molecule has 9 rings (SSSR count). The van der Waals surface area contributed by atoms with Crippen LogP contribution in [0.25, 0.3) is 33.4 Å². The number of benzene rings is 8. The largest absolute Gasteiger partial charge is 0.491 e. The molecule has 67 heavy (non-hydrogen) atoms. The highest BCUT2D eigenvalue weighted by Crippen LogP contribution is 2.40. The average Bonchev–Trinajstić information content (AvgIpc) is 3.35. The summed E-state index contributed by atoms with van der Waals surface area (Å²) in [7, 11) is 1.69. The Balaban J connectivity index is 0.930. The molecule has 0 atom stereocenters. The molecule has 1 aliphatic heterocycles. The second-order valence-electron chi connectivity index (χ2n) is 17.9. The zero-order chi connectivity index (χ0) is 46.2. The topological polar surface area (TPSA) is 43.4 Å². The van der Waals surface area contributed by atoms with Gasteiger partial charge in [-0.25, -0.2) is 0 Å². The number of rotatable bonds is 18. The standard InChI is InChI=1S/C61H60N2O4/c1-6-61(42-66-43-61)41-65-40-47-11-13-48(14-12-47)49-15-27-56(28-16-49)62(54-23-7-44(2)8-24-54)57-29-17-50(18-30-57)51-19-31-58(32-20-51)63(55-25-9-45(3)10-26-55)59-33-21-52(22-34-59)53-37-46(4)38-60(39-53)67-36-35-64-5/h7-34,37-39H,6,35-36,40-43H2,1-5H3. The predicted octanol–water partition coefficient (Wildman–Crippen LogP) is 15.5. The molecular weight excluding hydrogens is 825 g/mol. The summed E-state index contributed by atoms with van der Waals surface area (Å²) in [5.41, 5.74) is 18.5. The fourth-order valence-electron chi connectivity index (χ4n) is 8.69. The minimum atomic E-state index is 0.195. The molecule has 1 saturated heterocycles. The van der Waals surface area contributed by atoms with Gasteiger partial charge in [0, 0.05) is 46.6 Å². The maximum atomic E-state index is 6.11. The Morgan fingerprint density at radius 3 is 1.21 bits per heavy atom. The van der Waals surface area contributed by atoms with Crippen molar-refractivity contribution >= 4 is 34.1 Å². The molecule has 0 saturated carbocycles. The highest BCUT2D eigenvalue weighted by atomic mass is 16.5. The van der Waals surface area contributed by atoms with E-state index in [4.69, 9.17) is 18.9 Å². The number of hydrogen-bond donors (Lipinski definition) is 0. The molecule has 0 amide bonds. The molecule has 0 spiro atoms. The number of aryl methyl sites for hydroxylation is 3. The van der Waals surface area contributed by atoms with Crippen molar-refractivity contribution < 1.29 is 18.9 Å². The molecule has 0 N–H and O–H groups in total. The molecule has 0 aromatic heterocycles. The lowest BCUT2D eigenvalue weighted by Crippen LogP contribution is -2.45. The van der Waals surface area contributed by atoms with Gasteiger partial charge in [-0.1, -0.05) is 121 Å². The van der Waals surface area contributed by atoms with E-state index in [1.165, 1.54) is 27.8 Å². The Morgan fingerprint density at radius 1 is 0.448 bits per heavy atom. The highest BCUT2D eigenvalue weighted by molar-refractivity contribution is 5.82. The van der Waals surface area contributed by atoms with Crippen molar-refractivity contribution in [3.8, 4) is 39.1 Å². The van der Waals surface area contributed by atoms with Crippen molar-refractivity contribution in [1.82, 2.24) is 0 Å². The van der Waals surface area contributed by atoms with Gasteiger partial charge in [-0.3, -0.25) is 0 Å². The van der Waals surface area contributed by atoms with Gasteiger partial charge in [0.05, 0.1) is 33.0 Å². The zero-order valence-corrected chi connectivity index (χ0v) is 39.4. The summed E-state index contributed by atoms with van der Waals surface area (Å²) in [5, 5.41) is 0. The van der Waals surface area contributed by atoms with Crippen molar-refractivity contribution in [1.29, 1.82) is 0 Å². The van der Waals surface area contributed by atoms with Crippen LogP contribution in [0.1, 0.15) is 35.6 Å². The molecule has 6 heteroatoms. The SMILES string of the molecule is CCC1(COCc2ccc(-c3ccc(N(c4ccc(C)cc4)c4ccc(-c5ccc(N(c6ccc(C)cc6)c6ccc(-c7cc(C)cc(OCCOC)c7)cc6)cc5)cc4)cc3)cc2)COC1. The number of nitrogens with zero attached hydrogens (tertiary/aromatic N) is 2. The summed E-state index contributed by atoms with van der Waals surface area (Å²) in [6.07, 6.45) is 1.08. The lowest BCUT2D eigenvalue weighted by molar-refractivity contribution is -0.152. The van der Waals surface area contributed by atoms with Crippen LogP contribution in [-0.4, -0.2) is 40.1 Å². The van der Waals surface area contributed by atoms with E-state index < -0.39 is 0 Å². The second-order valence-corrected chi connectivity index (χ2v) is 17.9. The van der Waals surface area contributed by atoms with Crippen LogP contribution in [0.2, 0.25) is 0 Å². The fraction of sp³-hybridized carbons (Fsp3) is 0.213. The number of ether oxygens (including phenoxy) is 4. The summed E-state index contributed by atoms with van der Waals surface area (Å²) in [4.78, 5) is 4.64. The minimum Gasteiger partial charge on any atom is -0.491 e. The van der Waals surface area contributed by atoms with Crippen molar-refractivity contribution in [3.05, 3.63) is 210 Å². The Kier molecular flexibility index (Phi) is 14.0. The Hall–Kier alpha value is -6.96. The third kappa shape index (κ3) is 10.7. The molecular formula is C61H60N2O4. The van der Waals surface area contributed by atoms with Gasteiger partial charge in [0.25, 0.3) is 0 Å². The van der Waals surface area contributed by atoms with Gasteiger partial charge in [0.15, 0.2) is 0 Å². The van der Waals surface area contributed by atoms with Gasteiger partial charge >= 0.3 is 0 Å². The van der Waals surface area contributed by atoms with E-state index in [1.807, 2.05) is 0 Å². The molecule has 1 aliphatic rings. The summed E-state index contributed by atoms with van der Waals surface area (Å²) >= 11 is 0. The fourth-order valence-corrected chi connectivity index (χ4v) is 8.69. The lowest BCUT2D eigenvalue weighted by atomic mass is 9.84. The van der Waals surface area contributed by atoms with E-state index in [9.17, 15) is 0 Å². The average molecular weight is 885 g/mol. The van der Waals surface area contributed by atoms with E-state index in [0.717, 1.165) is 93.9 Å². The van der Waals surface area contributed by atoms with Gasteiger partial charge in [-0.05, 0) is 157 Å². The first-order chi connectivity index (χ1) is 32.8. The van der Waals surface area contributed by atoms with E-state index in [1.54, 1.807) is 7.11 Å². The maximum absolute atomic E-state index is 6.11. The van der Waals surface area contributed by atoms with E-state index in [-0.39, 0.29) is 5.41 Å². The normalized spacial score (nSPS) is 12.9. The van der Waals surface area contributed by atoms with Gasteiger partial charge in [0.2, 0.25) is 0 Å². The van der Waals surface area contributed by atoms with Gasteiger partial charge in [0.1, 0.15) is 12.4 Å². The third-order valence-corrected chi connectivity index (χ3v) is 12.9. The molecule has 0 bridgehead atoms. The quantitative estimate of drug-likeness (QED) is 0.0800. The molecule has 0 radical (unpaired) electrons. The Bertz CT molecular complexity index is 2830. The summed E-state index contributed by atoms with van der Waals surface area (Å²) in [6.45, 7) is 12.6. The minimum absolute atomic E-state index is 0.195. The predicted molar refractivity (Wildman–Crippen MR) is 277 cm³/mol. The van der Waals surface area contributed by atoms with E-state index in [2.05, 4.69) is 226 Å². The van der Waals surface area contributed by atoms with Crippen molar-refractivity contribution in [3.63, 3.8) is 0 Å². The molecule has 1 heterocycles. The highest BCUT2D eigenvalue weighted by Gasteiger charge is 2.37. The number of hydrogen-bond acceptors (Lipinski definition) is 6. The monoisotopic (exact) mass is 884 g/mol. The van der Waals surface area contributed by atoms with Crippen molar-refractivity contribution in [2.45, 2.75) is 40.7 Å². The molecule has 6 nitrogen and oxygen atoms in total. The van der Waals surface area contributed by atoms with Gasteiger partial charge < -0.3 is 28.7 Å². The first-order valence-corrected chi connectivity index (χ1v) is 23.4. The molecule has 8 aromatic rings. The maximum Gasteiger partial charge on any atom is 0.120 e. The van der Waals surface area contributed by atoms with Crippen molar-refractivity contribution in [2.24, 2.45) is 5.41 Å². The van der Waals surface area contributed by atoms with Crippen LogP contribution >= 0.6 is 0 Å². The van der Waals surface area contributed by atoms with Gasteiger partial charge in [-0.2, -0.15) is 0 Å². The van der Waals surface area contributed by atoms with E-state index >= 15 is 0 Å². The molecule has 338 valence electrons. The summed E-state index contributed by atoms with van der Waals surface area (Å²) in [6, 6.07) is 68.0. The number of anilines is 6. The first kappa shape index (κ1) is 45.2. The van der Waals surface area contributed by atoms with Crippen LogP contribution < -0.4 is 14.5 Å². The van der Waals surface area contributed by atoms with Crippen molar-refractivity contribution in [2.75, 3.05) is 49.9 Å². The van der Waals surface area contributed by atoms with Crippen LogP contribution in [0.3, 0.4) is 0 Å². The van der Waals surface area contributed by atoms with Crippen LogP contribution in [0, 0.1) is 26.2 Å². The molecule has 1 fully saturated rings. The Morgan fingerprint density at radius 2 is 0.836 bits per heavy atom. The molecule has 0 unspecified atom stereocenters. The molecule has 8 aromatic carbocycles. The van der Waals surface area contributed by atoms with Crippen LogP contribution in [-0.2, 0) is 20.8 Å². The van der Waals surface area contributed by atoms with Crippen LogP contribution in [0.15, 0.2) is 188 Å². The lowest BCUT2D eigenvalue weighted by Gasteiger charge is -2.40. The number of methoxy groups -OCH3 is 1. The summed E-state index contributed by atoms with van der Waals surface area (Å²) < 4.78 is 22.7. The summed E-state index contributed by atoms with van der Waals surface area (Å²) in [5.74, 6) is 0.849. The van der Waals surface area contributed by atoms with E-state index in [0.29, 0.717) is 19.8 Å². The Labute approximate surface area is 397 Å². The van der Waals surface area contributed by atoms with Crippen LogP contribution in [0.4, 0.5) is 34.1 Å². The smallest absolute Gasteiger partial charge is 0.120 e. The second kappa shape index (κ2) is 20.7.